The van der Waals surface area contributed by atoms with E-state index in [4.69, 9.17) is 14.5 Å². The predicted octanol–water partition coefficient (Wildman–Crippen LogP) is 3.17. The molecule has 7 nitrogen and oxygen atoms in total. The monoisotopic (exact) mass is 411 g/mol. The van der Waals surface area contributed by atoms with Gasteiger partial charge in [-0.2, -0.15) is 0 Å². The van der Waals surface area contributed by atoms with Crippen LogP contribution in [-0.4, -0.2) is 62.3 Å². The Morgan fingerprint density at radius 3 is 2.60 bits per heavy atom. The van der Waals surface area contributed by atoms with Crippen molar-refractivity contribution in [2.75, 3.05) is 51.3 Å². The molecule has 1 saturated heterocycles. The summed E-state index contributed by atoms with van der Waals surface area (Å²) in [7, 11) is 1.67. The molecule has 0 amide bonds. The summed E-state index contributed by atoms with van der Waals surface area (Å²) in [5, 5.41) is 3.43. The highest BCUT2D eigenvalue weighted by molar-refractivity contribution is 5.80. The zero-order valence-corrected chi connectivity index (χ0v) is 18.3. The highest BCUT2D eigenvalue weighted by Crippen LogP contribution is 2.28. The van der Waals surface area contributed by atoms with E-state index in [1.165, 1.54) is 0 Å². The van der Waals surface area contributed by atoms with E-state index < -0.39 is 0 Å². The molecule has 0 bridgehead atoms. The van der Waals surface area contributed by atoms with Gasteiger partial charge < -0.3 is 24.6 Å². The lowest BCUT2D eigenvalue weighted by molar-refractivity contribution is 0.294. The van der Waals surface area contributed by atoms with Gasteiger partial charge in [0.15, 0.2) is 17.5 Å². The molecule has 0 spiro atoms. The fourth-order valence-electron chi connectivity index (χ4n) is 3.42. The summed E-state index contributed by atoms with van der Waals surface area (Å²) in [6, 6.07) is 12.1. The van der Waals surface area contributed by atoms with Crippen LogP contribution < -0.4 is 19.7 Å². The van der Waals surface area contributed by atoms with Gasteiger partial charge in [-0.05, 0) is 43.2 Å². The molecule has 162 valence electrons. The van der Waals surface area contributed by atoms with Gasteiger partial charge in [0.05, 0.1) is 20.3 Å². The lowest BCUT2D eigenvalue weighted by atomic mass is 10.2. The first kappa shape index (κ1) is 21.7. The van der Waals surface area contributed by atoms with Crippen LogP contribution in [-0.2, 0) is 6.54 Å². The molecule has 2 aromatic rings. The van der Waals surface area contributed by atoms with Gasteiger partial charge in [0.1, 0.15) is 5.82 Å². The van der Waals surface area contributed by atoms with Crippen LogP contribution in [0.25, 0.3) is 0 Å². The number of nitrogens with zero attached hydrogens (tertiary/aromatic N) is 4. The highest BCUT2D eigenvalue weighted by atomic mass is 16.5. The summed E-state index contributed by atoms with van der Waals surface area (Å²) in [6.45, 7) is 9.99. The van der Waals surface area contributed by atoms with Gasteiger partial charge >= 0.3 is 0 Å². The van der Waals surface area contributed by atoms with Gasteiger partial charge in [-0.15, -0.1) is 0 Å². The number of rotatable bonds is 8. The van der Waals surface area contributed by atoms with Crippen molar-refractivity contribution < 1.29 is 9.47 Å². The fraction of sp³-hybridized carbons (Fsp3) is 0.478. The van der Waals surface area contributed by atoms with Crippen molar-refractivity contribution in [1.82, 2.24) is 15.2 Å². The normalized spacial score (nSPS) is 14.6. The van der Waals surface area contributed by atoms with Crippen molar-refractivity contribution in [2.24, 2.45) is 4.99 Å². The number of nitrogens with one attached hydrogen (secondary N) is 1. The lowest BCUT2D eigenvalue weighted by Crippen LogP contribution is -2.52. The average molecular weight is 412 g/mol. The minimum Gasteiger partial charge on any atom is -0.493 e. The van der Waals surface area contributed by atoms with E-state index in [0.29, 0.717) is 13.2 Å². The third kappa shape index (κ3) is 5.78. The Kier molecular flexibility index (Phi) is 8.18. The number of methoxy groups -OCH3 is 1. The topological polar surface area (TPSA) is 62.2 Å². The SMILES string of the molecule is CCCOc1ccc(CN=C(NCC)N2CCN(c3ccccn3)CC2)cc1OC. The first-order chi connectivity index (χ1) is 14.7. The summed E-state index contributed by atoms with van der Waals surface area (Å²) in [5.74, 6) is 3.52. The Hall–Kier alpha value is -2.96. The summed E-state index contributed by atoms with van der Waals surface area (Å²) in [5.41, 5.74) is 1.10. The van der Waals surface area contributed by atoms with E-state index in [-0.39, 0.29) is 0 Å². The first-order valence-corrected chi connectivity index (χ1v) is 10.7. The van der Waals surface area contributed by atoms with Crippen molar-refractivity contribution in [3.63, 3.8) is 0 Å². The lowest BCUT2D eigenvalue weighted by Gasteiger charge is -2.37. The molecule has 0 unspecified atom stereocenters. The van der Waals surface area contributed by atoms with Crippen LogP contribution in [0.5, 0.6) is 11.5 Å². The number of guanidine groups is 1. The van der Waals surface area contributed by atoms with Gasteiger partial charge in [-0.1, -0.05) is 19.1 Å². The number of hydrogen-bond donors (Lipinski definition) is 1. The summed E-state index contributed by atoms with van der Waals surface area (Å²) >= 11 is 0. The van der Waals surface area contributed by atoms with Gasteiger partial charge in [-0.25, -0.2) is 9.98 Å². The maximum atomic E-state index is 5.75. The second kappa shape index (κ2) is 11.3. The molecular weight excluding hydrogens is 378 g/mol. The van der Waals surface area contributed by atoms with Gasteiger partial charge in [0.2, 0.25) is 0 Å². The molecule has 1 aromatic heterocycles. The molecule has 0 atom stereocenters. The molecule has 2 heterocycles. The third-order valence-corrected chi connectivity index (χ3v) is 4.99. The Balaban J connectivity index is 1.63. The van der Waals surface area contributed by atoms with Crippen molar-refractivity contribution >= 4 is 11.8 Å². The molecular formula is C23H33N5O2. The number of piperazine rings is 1. The Morgan fingerprint density at radius 1 is 1.10 bits per heavy atom. The quantitative estimate of drug-likeness (QED) is 0.532. The van der Waals surface area contributed by atoms with Crippen LogP contribution in [0.1, 0.15) is 25.8 Å². The van der Waals surface area contributed by atoms with Crippen LogP contribution >= 0.6 is 0 Å². The smallest absolute Gasteiger partial charge is 0.194 e. The number of benzene rings is 1. The molecule has 1 aliphatic rings. The van der Waals surface area contributed by atoms with Gasteiger partial charge in [-0.3, -0.25) is 0 Å². The van der Waals surface area contributed by atoms with Gasteiger partial charge in [0, 0.05) is 38.9 Å². The molecule has 30 heavy (non-hydrogen) atoms. The second-order valence-corrected chi connectivity index (χ2v) is 7.17. The Bertz CT molecular complexity index is 804. The molecule has 3 rings (SSSR count). The maximum Gasteiger partial charge on any atom is 0.194 e. The number of anilines is 1. The molecule has 0 radical (unpaired) electrons. The van der Waals surface area contributed by atoms with E-state index in [0.717, 1.165) is 68.0 Å². The van der Waals surface area contributed by atoms with E-state index in [1.54, 1.807) is 7.11 Å². The Labute approximate surface area is 179 Å². The largest absolute Gasteiger partial charge is 0.493 e. The van der Waals surface area contributed by atoms with E-state index in [1.807, 2.05) is 30.5 Å². The number of pyridine rings is 1. The number of hydrogen-bond acceptors (Lipinski definition) is 5. The molecule has 1 aliphatic heterocycles. The summed E-state index contributed by atoms with van der Waals surface area (Å²) in [6.07, 6.45) is 2.81. The highest BCUT2D eigenvalue weighted by Gasteiger charge is 2.20. The number of aromatic nitrogens is 1. The fourth-order valence-corrected chi connectivity index (χ4v) is 3.42. The van der Waals surface area contributed by atoms with Crippen molar-refractivity contribution in [3.8, 4) is 11.5 Å². The maximum absolute atomic E-state index is 5.75. The number of aliphatic imine (C=N–C) groups is 1. The van der Waals surface area contributed by atoms with Crippen molar-refractivity contribution in [1.29, 1.82) is 0 Å². The van der Waals surface area contributed by atoms with E-state index >= 15 is 0 Å². The molecule has 0 saturated carbocycles. The van der Waals surface area contributed by atoms with Gasteiger partial charge in [0.25, 0.3) is 0 Å². The molecule has 7 heteroatoms. The van der Waals surface area contributed by atoms with Crippen LogP contribution in [0.3, 0.4) is 0 Å². The minimum absolute atomic E-state index is 0.590. The van der Waals surface area contributed by atoms with Crippen LogP contribution in [0.2, 0.25) is 0 Å². The second-order valence-electron chi connectivity index (χ2n) is 7.17. The summed E-state index contributed by atoms with van der Waals surface area (Å²) < 4.78 is 11.2. The zero-order chi connectivity index (χ0) is 21.2. The standard InChI is InChI=1S/C23H33N5O2/c1-4-16-30-20-10-9-19(17-21(20)29-3)18-26-23(24-5-2)28-14-12-27(13-15-28)22-8-6-7-11-25-22/h6-11,17H,4-5,12-16,18H2,1-3H3,(H,24,26). The molecule has 1 N–H and O–H groups in total. The van der Waals surface area contributed by atoms with Crippen molar-refractivity contribution in [2.45, 2.75) is 26.8 Å². The van der Waals surface area contributed by atoms with E-state index in [9.17, 15) is 0 Å². The van der Waals surface area contributed by atoms with Crippen LogP contribution in [0.15, 0.2) is 47.6 Å². The molecule has 1 aromatic carbocycles. The molecule has 1 fully saturated rings. The van der Waals surface area contributed by atoms with Crippen LogP contribution in [0.4, 0.5) is 5.82 Å². The van der Waals surface area contributed by atoms with Crippen molar-refractivity contribution in [3.05, 3.63) is 48.2 Å². The van der Waals surface area contributed by atoms with E-state index in [2.05, 4.69) is 46.1 Å². The average Bonchev–Trinajstić information content (AvgIpc) is 2.81. The first-order valence-electron chi connectivity index (χ1n) is 10.7. The molecule has 0 aliphatic carbocycles. The van der Waals surface area contributed by atoms with Crippen LogP contribution in [0, 0.1) is 0 Å². The minimum atomic E-state index is 0.590. The third-order valence-electron chi connectivity index (χ3n) is 4.99. The predicted molar refractivity (Wildman–Crippen MR) is 122 cm³/mol. The Morgan fingerprint density at radius 2 is 1.93 bits per heavy atom. The summed E-state index contributed by atoms with van der Waals surface area (Å²) in [4.78, 5) is 14.0. The number of ether oxygens (including phenoxy) is 2. The zero-order valence-electron chi connectivity index (χ0n) is 18.3.